The average molecular weight is 289 g/mol. The molecule has 0 aromatic carbocycles. The molecular weight excluding hydrogens is 272 g/mol. The number of halogens is 1. The molecule has 1 heterocycles. The second kappa shape index (κ2) is 6.41. The number of pyridine rings is 1. The van der Waals surface area contributed by atoms with Crippen molar-refractivity contribution in [2.24, 2.45) is 4.40 Å². The minimum absolute atomic E-state index is 0.296. The largest absolute Gasteiger partial charge is 0.591 e. The number of hydrogen-bond donors (Lipinski definition) is 0. The van der Waals surface area contributed by atoms with E-state index in [2.05, 4.69) is 9.38 Å². The topological polar surface area (TPSA) is 57.5 Å². The van der Waals surface area contributed by atoms with E-state index >= 15 is 0 Å². The molecular formula is C12H17ClN2O2S. The van der Waals surface area contributed by atoms with E-state index in [1.165, 1.54) is 13.3 Å². The van der Waals surface area contributed by atoms with Crippen LogP contribution in [0.25, 0.3) is 0 Å². The van der Waals surface area contributed by atoms with Crippen molar-refractivity contribution in [1.29, 1.82) is 0 Å². The molecule has 100 valence electrons. The lowest BCUT2D eigenvalue weighted by atomic mass is 10.1. The van der Waals surface area contributed by atoms with Crippen molar-refractivity contribution in [3.63, 3.8) is 0 Å². The van der Waals surface area contributed by atoms with Crippen LogP contribution in [0.2, 0.25) is 5.15 Å². The number of ether oxygens (including phenoxy) is 1. The summed E-state index contributed by atoms with van der Waals surface area (Å²) in [6.45, 7) is 5.82. The van der Waals surface area contributed by atoms with Crippen molar-refractivity contribution in [3.8, 4) is 5.75 Å². The Morgan fingerprint density at radius 2 is 2.28 bits per heavy atom. The SMILES string of the molecule is CCC(C)(C)[S+]([O-])/N=C/c1cnc(Cl)c(OC)c1. The van der Waals surface area contributed by atoms with Crippen molar-refractivity contribution in [3.05, 3.63) is 23.0 Å². The molecule has 0 amide bonds. The van der Waals surface area contributed by atoms with Crippen molar-refractivity contribution < 1.29 is 9.29 Å². The van der Waals surface area contributed by atoms with E-state index in [0.29, 0.717) is 16.5 Å². The zero-order chi connectivity index (χ0) is 13.8. The molecule has 1 unspecified atom stereocenters. The van der Waals surface area contributed by atoms with Crippen LogP contribution in [0.5, 0.6) is 5.75 Å². The van der Waals surface area contributed by atoms with Crippen molar-refractivity contribution in [1.82, 2.24) is 4.98 Å². The molecule has 1 aromatic heterocycles. The third kappa shape index (κ3) is 3.86. The van der Waals surface area contributed by atoms with Gasteiger partial charge in [0.2, 0.25) is 0 Å². The Morgan fingerprint density at radius 1 is 1.61 bits per heavy atom. The van der Waals surface area contributed by atoms with Gasteiger partial charge in [0.25, 0.3) is 0 Å². The van der Waals surface area contributed by atoms with Gasteiger partial charge in [-0.05, 0) is 26.3 Å². The second-order valence-electron chi connectivity index (χ2n) is 4.36. The number of hydrogen-bond acceptors (Lipinski definition) is 4. The van der Waals surface area contributed by atoms with Gasteiger partial charge in [-0.2, -0.15) is 0 Å². The van der Waals surface area contributed by atoms with E-state index < -0.39 is 11.4 Å². The highest BCUT2D eigenvalue weighted by molar-refractivity contribution is 7.91. The Morgan fingerprint density at radius 3 is 2.83 bits per heavy atom. The van der Waals surface area contributed by atoms with Gasteiger partial charge in [-0.15, -0.1) is 0 Å². The lowest BCUT2D eigenvalue weighted by molar-refractivity contribution is 0.413. The molecule has 0 saturated heterocycles. The number of methoxy groups -OCH3 is 1. The van der Waals surface area contributed by atoms with E-state index in [9.17, 15) is 4.55 Å². The van der Waals surface area contributed by atoms with Gasteiger partial charge in [-0.25, -0.2) is 4.98 Å². The van der Waals surface area contributed by atoms with Crippen molar-refractivity contribution >= 4 is 29.2 Å². The first-order valence-corrected chi connectivity index (χ1v) is 7.04. The predicted molar refractivity (Wildman–Crippen MR) is 75.9 cm³/mol. The molecule has 0 fully saturated rings. The molecule has 1 rings (SSSR count). The summed E-state index contributed by atoms with van der Waals surface area (Å²) < 4.78 is 20.7. The van der Waals surface area contributed by atoms with Crippen LogP contribution in [0.3, 0.4) is 0 Å². The highest BCUT2D eigenvalue weighted by atomic mass is 35.5. The molecule has 4 nitrogen and oxygen atoms in total. The van der Waals surface area contributed by atoms with Crippen LogP contribution in [0.1, 0.15) is 32.8 Å². The lowest BCUT2D eigenvalue weighted by Crippen LogP contribution is -2.29. The van der Waals surface area contributed by atoms with Gasteiger partial charge in [-0.3, -0.25) is 0 Å². The Labute approximate surface area is 116 Å². The van der Waals surface area contributed by atoms with Gasteiger partial charge >= 0.3 is 0 Å². The predicted octanol–water partition coefficient (Wildman–Crippen LogP) is 3.01. The lowest BCUT2D eigenvalue weighted by Gasteiger charge is -2.21. The molecule has 6 heteroatoms. The maximum atomic E-state index is 11.9. The molecule has 0 spiro atoms. The minimum Gasteiger partial charge on any atom is -0.591 e. The number of aromatic nitrogens is 1. The number of rotatable bonds is 5. The summed E-state index contributed by atoms with van der Waals surface area (Å²) in [7, 11) is 1.52. The first-order valence-electron chi connectivity index (χ1n) is 5.56. The average Bonchev–Trinajstić information content (AvgIpc) is 2.37. The molecule has 0 aliphatic rings. The van der Waals surface area contributed by atoms with Crippen molar-refractivity contribution in [2.45, 2.75) is 31.9 Å². The monoisotopic (exact) mass is 288 g/mol. The first kappa shape index (κ1) is 15.3. The summed E-state index contributed by atoms with van der Waals surface area (Å²) in [6.07, 6.45) is 3.88. The van der Waals surface area contributed by atoms with Gasteiger partial charge < -0.3 is 9.29 Å². The maximum Gasteiger partial charge on any atom is 0.171 e. The van der Waals surface area contributed by atoms with E-state index in [4.69, 9.17) is 16.3 Å². The summed E-state index contributed by atoms with van der Waals surface area (Å²) in [4.78, 5) is 3.96. The molecule has 0 saturated carbocycles. The van der Waals surface area contributed by atoms with Crippen LogP contribution in [-0.2, 0) is 11.4 Å². The van der Waals surface area contributed by atoms with Crippen LogP contribution in [0.15, 0.2) is 16.7 Å². The third-order valence-corrected chi connectivity index (χ3v) is 4.48. The fourth-order valence-corrected chi connectivity index (χ4v) is 1.96. The van der Waals surface area contributed by atoms with Gasteiger partial charge in [0.1, 0.15) is 16.1 Å². The van der Waals surface area contributed by atoms with Gasteiger partial charge in [-0.1, -0.05) is 22.9 Å². The first-order chi connectivity index (χ1) is 8.40. The minimum atomic E-state index is -1.28. The van der Waals surface area contributed by atoms with Gasteiger partial charge in [0.05, 0.1) is 13.3 Å². The Balaban J connectivity index is 2.85. The van der Waals surface area contributed by atoms with Crippen LogP contribution >= 0.6 is 11.6 Å². The summed E-state index contributed by atoms with van der Waals surface area (Å²) in [6, 6.07) is 1.70. The molecule has 0 bridgehead atoms. The van der Waals surface area contributed by atoms with Crippen LogP contribution in [-0.4, -0.2) is 27.6 Å². The second-order valence-corrected chi connectivity index (χ2v) is 6.53. The smallest absolute Gasteiger partial charge is 0.171 e. The van der Waals surface area contributed by atoms with Gasteiger partial charge in [0.15, 0.2) is 10.9 Å². The van der Waals surface area contributed by atoms with E-state index in [-0.39, 0.29) is 4.75 Å². The maximum absolute atomic E-state index is 11.9. The Kier molecular flexibility index (Phi) is 5.44. The summed E-state index contributed by atoms with van der Waals surface area (Å²) >= 11 is 4.54. The van der Waals surface area contributed by atoms with Crippen molar-refractivity contribution in [2.75, 3.05) is 7.11 Å². The zero-order valence-corrected chi connectivity index (χ0v) is 12.5. The van der Waals surface area contributed by atoms with E-state index in [0.717, 1.165) is 6.42 Å². The fraction of sp³-hybridized carbons (Fsp3) is 0.500. The van der Waals surface area contributed by atoms with Crippen LogP contribution in [0, 0.1) is 0 Å². The Hall–Kier alpha value is -0.780. The third-order valence-electron chi connectivity index (χ3n) is 2.67. The molecule has 0 N–H and O–H groups in total. The van der Waals surface area contributed by atoms with Crippen LogP contribution < -0.4 is 4.74 Å². The molecule has 0 aliphatic carbocycles. The normalized spacial score (nSPS) is 13.9. The summed E-state index contributed by atoms with van der Waals surface area (Å²) in [5, 5.41) is 0.296. The molecule has 1 atom stereocenters. The Bertz CT molecular complexity index is 438. The highest BCUT2D eigenvalue weighted by Crippen LogP contribution is 2.23. The highest BCUT2D eigenvalue weighted by Gasteiger charge is 2.30. The standard InChI is InChI=1S/C12H17ClN2O2S/c1-5-12(2,3)18(16)15-8-9-6-10(17-4)11(13)14-7-9/h6-8H,5H2,1-4H3/b15-8+. The quantitative estimate of drug-likeness (QED) is 0.475. The molecule has 1 aromatic rings. The van der Waals surface area contributed by atoms with E-state index in [1.54, 1.807) is 12.3 Å². The van der Waals surface area contributed by atoms with Gasteiger partial charge in [0, 0.05) is 11.8 Å². The van der Waals surface area contributed by atoms with E-state index in [1.807, 2.05) is 20.8 Å². The van der Waals surface area contributed by atoms with Crippen LogP contribution in [0.4, 0.5) is 0 Å². The molecule has 0 radical (unpaired) electrons. The molecule has 0 aliphatic heterocycles. The zero-order valence-electron chi connectivity index (χ0n) is 10.9. The fourth-order valence-electron chi connectivity index (χ4n) is 1.03. The number of nitrogens with zero attached hydrogens (tertiary/aromatic N) is 2. The molecule has 18 heavy (non-hydrogen) atoms. The summed E-state index contributed by atoms with van der Waals surface area (Å²) in [5.74, 6) is 0.473. The summed E-state index contributed by atoms with van der Waals surface area (Å²) in [5.41, 5.74) is 0.705.